The number of imide groups is 1. The Labute approximate surface area is 140 Å². The molecule has 6 nitrogen and oxygen atoms in total. The molecule has 6 heteroatoms. The summed E-state index contributed by atoms with van der Waals surface area (Å²) in [6.45, 7) is 1.82. The normalized spacial score (nSPS) is 19.3. The third-order valence-corrected chi connectivity index (χ3v) is 4.48. The Hall–Kier alpha value is -2.21. The Morgan fingerprint density at radius 1 is 1.12 bits per heavy atom. The van der Waals surface area contributed by atoms with Gasteiger partial charge >= 0.3 is 5.97 Å². The molecule has 0 radical (unpaired) electrons. The van der Waals surface area contributed by atoms with Crippen molar-refractivity contribution in [1.82, 2.24) is 5.06 Å². The maximum Gasteiger partial charge on any atom is 0.361 e. The fourth-order valence-electron chi connectivity index (χ4n) is 3.15. The summed E-state index contributed by atoms with van der Waals surface area (Å²) in [4.78, 5) is 41.9. The third kappa shape index (κ3) is 3.19. The summed E-state index contributed by atoms with van der Waals surface area (Å²) < 4.78 is 5.84. The average Bonchev–Trinajstić information content (AvgIpc) is 2.86. The minimum Gasteiger partial charge on any atom is -0.363 e. The van der Waals surface area contributed by atoms with E-state index in [2.05, 4.69) is 0 Å². The molecule has 2 amide bonds. The topological polar surface area (TPSA) is 72.9 Å². The summed E-state index contributed by atoms with van der Waals surface area (Å²) in [6, 6.07) is 6.41. The second-order valence-electron chi connectivity index (χ2n) is 6.15. The molecule has 0 aromatic heterocycles. The first kappa shape index (κ1) is 16.6. The highest BCUT2D eigenvalue weighted by molar-refractivity contribution is 6.20. The van der Waals surface area contributed by atoms with E-state index in [-0.39, 0.29) is 17.2 Å². The van der Waals surface area contributed by atoms with Gasteiger partial charge in [0.25, 0.3) is 11.8 Å². The first-order valence-electron chi connectivity index (χ1n) is 8.47. The minimum atomic E-state index is -0.766. The van der Waals surface area contributed by atoms with Crippen LogP contribution in [-0.4, -0.2) is 35.1 Å². The van der Waals surface area contributed by atoms with E-state index in [0.717, 1.165) is 25.7 Å². The van der Waals surface area contributed by atoms with Gasteiger partial charge in [-0.25, -0.2) is 4.79 Å². The largest absolute Gasteiger partial charge is 0.363 e. The standard InChI is InChI=1S/C18H21NO5/c1-2-15(23-12-8-4-3-5-9-12)18(22)24-19-16(20)13-10-6-7-11-14(13)17(19)21/h6-7,10-12,15H,2-5,8-9H2,1H3. The van der Waals surface area contributed by atoms with Gasteiger partial charge in [-0.1, -0.05) is 43.4 Å². The molecule has 1 saturated carbocycles. The summed E-state index contributed by atoms with van der Waals surface area (Å²) in [5, 5.41) is 0.542. The monoisotopic (exact) mass is 331 g/mol. The zero-order chi connectivity index (χ0) is 17.1. The molecule has 0 saturated heterocycles. The fourth-order valence-corrected chi connectivity index (χ4v) is 3.15. The van der Waals surface area contributed by atoms with Crippen LogP contribution in [0.4, 0.5) is 0 Å². The second kappa shape index (κ2) is 7.13. The van der Waals surface area contributed by atoms with E-state index >= 15 is 0 Å². The Morgan fingerprint density at radius 3 is 2.25 bits per heavy atom. The zero-order valence-corrected chi connectivity index (χ0v) is 13.7. The molecule has 1 aliphatic heterocycles. The maximum absolute atomic E-state index is 12.4. The third-order valence-electron chi connectivity index (χ3n) is 4.48. The molecule has 3 rings (SSSR count). The number of rotatable bonds is 5. The highest BCUT2D eigenvalue weighted by Crippen LogP contribution is 2.25. The van der Waals surface area contributed by atoms with Gasteiger partial charge in [-0.15, -0.1) is 0 Å². The van der Waals surface area contributed by atoms with Crippen LogP contribution in [0.5, 0.6) is 0 Å². The first-order chi connectivity index (χ1) is 11.6. The zero-order valence-electron chi connectivity index (χ0n) is 13.7. The van der Waals surface area contributed by atoms with Gasteiger partial charge in [0, 0.05) is 0 Å². The van der Waals surface area contributed by atoms with Gasteiger partial charge in [0.2, 0.25) is 0 Å². The molecule has 1 aromatic carbocycles. The number of hydroxylamine groups is 2. The molecular weight excluding hydrogens is 310 g/mol. The van der Waals surface area contributed by atoms with Gasteiger partial charge in [-0.2, -0.15) is 0 Å². The smallest absolute Gasteiger partial charge is 0.361 e. The number of benzene rings is 1. The maximum atomic E-state index is 12.4. The molecule has 24 heavy (non-hydrogen) atoms. The molecule has 1 aromatic rings. The molecule has 1 unspecified atom stereocenters. The molecule has 0 N–H and O–H groups in total. The molecule has 1 aliphatic carbocycles. The predicted molar refractivity (Wildman–Crippen MR) is 85.1 cm³/mol. The summed E-state index contributed by atoms with van der Waals surface area (Å²) in [5.74, 6) is -1.93. The lowest BCUT2D eigenvalue weighted by atomic mass is 9.97. The summed E-state index contributed by atoms with van der Waals surface area (Å²) >= 11 is 0. The lowest BCUT2D eigenvalue weighted by Crippen LogP contribution is -2.39. The van der Waals surface area contributed by atoms with Gasteiger partial charge in [-0.05, 0) is 31.4 Å². The molecule has 1 heterocycles. The number of amides is 2. The van der Waals surface area contributed by atoms with Crippen molar-refractivity contribution in [3.63, 3.8) is 0 Å². The lowest BCUT2D eigenvalue weighted by Gasteiger charge is -2.26. The number of carbonyl (C=O) groups excluding carboxylic acids is 3. The Kier molecular flexibility index (Phi) is 4.94. The SMILES string of the molecule is CCC(OC1CCCCC1)C(=O)ON1C(=O)c2ccccc2C1=O. The summed E-state index contributed by atoms with van der Waals surface area (Å²) in [7, 11) is 0. The average molecular weight is 331 g/mol. The Balaban J connectivity index is 1.65. The van der Waals surface area contributed by atoms with Crippen molar-refractivity contribution < 1.29 is 24.0 Å². The van der Waals surface area contributed by atoms with Gasteiger partial charge in [0.15, 0.2) is 6.10 Å². The molecule has 0 spiro atoms. The summed E-state index contributed by atoms with van der Waals surface area (Å²) in [5.41, 5.74) is 0.494. The Morgan fingerprint density at radius 2 is 1.71 bits per heavy atom. The predicted octanol–water partition coefficient (Wildman–Crippen LogP) is 2.87. The number of ether oxygens (including phenoxy) is 1. The van der Waals surface area contributed by atoms with Gasteiger partial charge in [0.05, 0.1) is 17.2 Å². The first-order valence-corrected chi connectivity index (χ1v) is 8.47. The van der Waals surface area contributed by atoms with Crippen LogP contribution < -0.4 is 0 Å². The minimum absolute atomic E-state index is 0.0402. The Bertz CT molecular complexity index is 616. The van der Waals surface area contributed by atoms with Crippen LogP contribution in [0.2, 0.25) is 0 Å². The van der Waals surface area contributed by atoms with E-state index < -0.39 is 23.9 Å². The number of fused-ring (bicyclic) bond motifs is 1. The second-order valence-corrected chi connectivity index (χ2v) is 6.15. The van der Waals surface area contributed by atoms with Crippen molar-refractivity contribution in [2.75, 3.05) is 0 Å². The van der Waals surface area contributed by atoms with Crippen molar-refractivity contribution in [3.05, 3.63) is 35.4 Å². The highest BCUT2D eigenvalue weighted by Gasteiger charge is 2.40. The van der Waals surface area contributed by atoms with E-state index in [4.69, 9.17) is 9.57 Å². The fraction of sp³-hybridized carbons (Fsp3) is 0.500. The lowest BCUT2D eigenvalue weighted by molar-refractivity contribution is -0.186. The van der Waals surface area contributed by atoms with E-state index in [0.29, 0.717) is 11.5 Å². The van der Waals surface area contributed by atoms with Gasteiger partial charge in [0.1, 0.15) is 0 Å². The van der Waals surface area contributed by atoms with Crippen LogP contribution in [0.15, 0.2) is 24.3 Å². The van der Waals surface area contributed by atoms with Crippen LogP contribution >= 0.6 is 0 Å². The van der Waals surface area contributed by atoms with Gasteiger partial charge in [-0.3, -0.25) is 9.59 Å². The van der Waals surface area contributed by atoms with Crippen LogP contribution in [0.1, 0.15) is 66.2 Å². The van der Waals surface area contributed by atoms with Crippen LogP contribution in [-0.2, 0) is 14.4 Å². The van der Waals surface area contributed by atoms with E-state index in [1.165, 1.54) is 6.42 Å². The number of hydrogen-bond donors (Lipinski definition) is 0. The van der Waals surface area contributed by atoms with Crippen LogP contribution in [0.3, 0.4) is 0 Å². The summed E-state index contributed by atoms with van der Waals surface area (Å²) in [6.07, 6.45) is 4.93. The van der Waals surface area contributed by atoms with Crippen molar-refractivity contribution in [1.29, 1.82) is 0 Å². The molecular formula is C18H21NO5. The van der Waals surface area contributed by atoms with Crippen molar-refractivity contribution in [2.24, 2.45) is 0 Å². The van der Waals surface area contributed by atoms with Crippen molar-refractivity contribution >= 4 is 17.8 Å². The highest BCUT2D eigenvalue weighted by atomic mass is 16.7. The van der Waals surface area contributed by atoms with Crippen LogP contribution in [0, 0.1) is 0 Å². The van der Waals surface area contributed by atoms with Gasteiger partial charge < -0.3 is 9.57 Å². The molecule has 128 valence electrons. The van der Waals surface area contributed by atoms with E-state index in [1.807, 2.05) is 6.92 Å². The van der Waals surface area contributed by atoms with Crippen molar-refractivity contribution in [2.45, 2.75) is 57.7 Å². The molecule has 0 bridgehead atoms. The van der Waals surface area contributed by atoms with Crippen molar-refractivity contribution in [3.8, 4) is 0 Å². The molecule has 2 aliphatic rings. The molecule has 1 fully saturated rings. The van der Waals surface area contributed by atoms with Crippen LogP contribution in [0.25, 0.3) is 0 Å². The quantitative estimate of drug-likeness (QED) is 0.776. The van der Waals surface area contributed by atoms with E-state index in [9.17, 15) is 14.4 Å². The number of carbonyl (C=O) groups is 3. The number of nitrogens with zero attached hydrogens (tertiary/aromatic N) is 1. The molecule has 1 atom stereocenters. The number of hydrogen-bond acceptors (Lipinski definition) is 5. The van der Waals surface area contributed by atoms with E-state index in [1.54, 1.807) is 24.3 Å².